The van der Waals surface area contributed by atoms with Crippen LogP contribution in [0.15, 0.2) is 11.2 Å². The molecule has 2 aliphatic carbocycles. The fraction of sp³-hybridized carbons (Fsp3) is 0.600. The molecule has 3 aliphatic rings. The first-order valence-electron chi connectivity index (χ1n) is 10.2. The number of nitrogens with zero attached hydrogens (tertiary/aromatic N) is 3. The lowest BCUT2D eigenvalue weighted by molar-refractivity contribution is 0.244. The van der Waals surface area contributed by atoms with E-state index < -0.39 is 0 Å². The summed E-state index contributed by atoms with van der Waals surface area (Å²) in [6.07, 6.45) is 9.79. The first-order valence-corrected chi connectivity index (χ1v) is 11.0. The standard InChI is InChI=1S/C20H28N6S/c1-26-10-4-7-15(12-26)25-27-20-22-19(23-24-20)21-18-16-8-2-5-13(16)11-14-6-3-9-17(14)18/h11,15,25H,2-10,12H2,1H3,(H2,21,22,23,24). The van der Waals surface area contributed by atoms with E-state index in [0.717, 1.165) is 17.6 Å². The van der Waals surface area contributed by atoms with Crippen molar-refractivity contribution in [3.8, 4) is 0 Å². The molecule has 7 heteroatoms. The number of fused-ring (bicyclic) bond motifs is 2. The van der Waals surface area contributed by atoms with E-state index in [1.54, 1.807) is 11.9 Å². The molecule has 2 heterocycles. The summed E-state index contributed by atoms with van der Waals surface area (Å²) in [5.41, 5.74) is 7.40. The van der Waals surface area contributed by atoms with Gasteiger partial charge in [0.25, 0.3) is 0 Å². The van der Waals surface area contributed by atoms with E-state index >= 15 is 0 Å². The molecule has 3 N–H and O–H groups in total. The van der Waals surface area contributed by atoms with Crippen molar-refractivity contribution >= 4 is 23.6 Å². The van der Waals surface area contributed by atoms with E-state index in [0.29, 0.717) is 6.04 Å². The van der Waals surface area contributed by atoms with Crippen molar-refractivity contribution in [2.75, 3.05) is 25.5 Å². The number of hydrogen-bond donors (Lipinski definition) is 3. The van der Waals surface area contributed by atoms with Crippen LogP contribution in [0.1, 0.15) is 47.9 Å². The van der Waals surface area contributed by atoms with Gasteiger partial charge in [-0.1, -0.05) is 6.07 Å². The molecule has 0 radical (unpaired) electrons. The molecule has 0 amide bonds. The Bertz CT molecular complexity index is 800. The molecule has 6 nitrogen and oxygen atoms in total. The van der Waals surface area contributed by atoms with Gasteiger partial charge in [-0.25, -0.2) is 5.10 Å². The molecule has 1 aromatic carbocycles. The summed E-state index contributed by atoms with van der Waals surface area (Å²) in [4.78, 5) is 7.05. The molecule has 1 fully saturated rings. The Balaban J connectivity index is 1.29. The minimum atomic E-state index is 0.504. The average Bonchev–Trinajstić information content (AvgIpc) is 3.40. The minimum Gasteiger partial charge on any atom is -0.324 e. The smallest absolute Gasteiger partial charge is 0.225 e. The molecule has 0 saturated carbocycles. The van der Waals surface area contributed by atoms with Crippen molar-refractivity contribution in [3.05, 3.63) is 28.3 Å². The van der Waals surface area contributed by atoms with Crippen LogP contribution in [0.2, 0.25) is 0 Å². The second-order valence-corrected chi connectivity index (χ2v) is 8.95. The molecule has 0 bridgehead atoms. The zero-order valence-electron chi connectivity index (χ0n) is 16.0. The van der Waals surface area contributed by atoms with E-state index in [-0.39, 0.29) is 0 Å². The third-order valence-corrected chi connectivity index (χ3v) is 6.94. The van der Waals surface area contributed by atoms with Gasteiger partial charge in [-0.15, -0.1) is 5.10 Å². The van der Waals surface area contributed by atoms with Gasteiger partial charge in [0.2, 0.25) is 11.1 Å². The number of aromatic nitrogens is 3. The summed E-state index contributed by atoms with van der Waals surface area (Å²) in [6.45, 7) is 2.29. The highest BCUT2D eigenvalue weighted by molar-refractivity contribution is 7.97. The number of benzene rings is 1. The fourth-order valence-electron chi connectivity index (χ4n) is 4.83. The molecule has 5 rings (SSSR count). The van der Waals surface area contributed by atoms with E-state index in [9.17, 15) is 0 Å². The number of rotatable bonds is 5. The molecule has 1 atom stereocenters. The molecule has 0 spiro atoms. The molecule has 1 aromatic heterocycles. The first-order chi connectivity index (χ1) is 13.3. The van der Waals surface area contributed by atoms with Crippen LogP contribution in [0.4, 0.5) is 11.6 Å². The normalized spacial score (nSPS) is 22.0. The van der Waals surface area contributed by atoms with Gasteiger partial charge in [-0.05, 0) is 99.2 Å². The van der Waals surface area contributed by atoms with Crippen molar-refractivity contribution in [3.63, 3.8) is 0 Å². The predicted molar refractivity (Wildman–Crippen MR) is 110 cm³/mol. The lowest BCUT2D eigenvalue weighted by Crippen LogP contribution is -2.41. The van der Waals surface area contributed by atoms with Crippen LogP contribution in [0.25, 0.3) is 0 Å². The Morgan fingerprint density at radius 1 is 1.11 bits per heavy atom. The summed E-state index contributed by atoms with van der Waals surface area (Å²) in [5, 5.41) is 11.8. The van der Waals surface area contributed by atoms with Gasteiger partial charge in [0.05, 0.1) is 0 Å². The maximum atomic E-state index is 4.67. The van der Waals surface area contributed by atoms with Crippen LogP contribution >= 0.6 is 11.9 Å². The number of aryl methyl sites for hydroxylation is 2. The average molecular weight is 385 g/mol. The van der Waals surface area contributed by atoms with Crippen LogP contribution in [0.5, 0.6) is 0 Å². The van der Waals surface area contributed by atoms with Gasteiger partial charge < -0.3 is 10.2 Å². The highest BCUT2D eigenvalue weighted by Crippen LogP contribution is 2.39. The Labute approximate surface area is 165 Å². The van der Waals surface area contributed by atoms with Crippen LogP contribution < -0.4 is 10.0 Å². The number of nitrogens with one attached hydrogen (secondary N) is 3. The van der Waals surface area contributed by atoms with Gasteiger partial charge in [0, 0.05) is 18.3 Å². The van der Waals surface area contributed by atoms with Crippen LogP contribution in [-0.2, 0) is 25.7 Å². The second kappa shape index (κ2) is 7.45. The highest BCUT2D eigenvalue weighted by Gasteiger charge is 2.24. The largest absolute Gasteiger partial charge is 0.324 e. The SMILES string of the molecule is CN1CCCC(NSc2n[nH]c(Nc3c4c(cc5c3CCC5)CCC4)n2)C1. The molecular weight excluding hydrogens is 356 g/mol. The van der Waals surface area contributed by atoms with Crippen LogP contribution in [-0.4, -0.2) is 46.3 Å². The molecule has 1 aliphatic heterocycles. The number of hydrogen-bond acceptors (Lipinski definition) is 6. The summed E-state index contributed by atoms with van der Waals surface area (Å²) in [5.74, 6) is 0.759. The number of likely N-dealkylation sites (N-methyl/N-ethyl adjacent to an activating group) is 1. The molecule has 144 valence electrons. The lowest BCUT2D eigenvalue weighted by Gasteiger charge is -2.29. The van der Waals surface area contributed by atoms with Crippen LogP contribution in [0, 0.1) is 0 Å². The fourth-order valence-corrected chi connectivity index (χ4v) is 5.52. The Hall–Kier alpha value is -1.57. The predicted octanol–water partition coefficient (Wildman–Crippen LogP) is 3.22. The topological polar surface area (TPSA) is 68.9 Å². The van der Waals surface area contributed by atoms with E-state index in [1.807, 2.05) is 0 Å². The highest BCUT2D eigenvalue weighted by atomic mass is 32.2. The molecule has 1 saturated heterocycles. The maximum absolute atomic E-state index is 4.67. The summed E-state index contributed by atoms with van der Waals surface area (Å²) >= 11 is 1.54. The number of anilines is 2. The monoisotopic (exact) mass is 384 g/mol. The minimum absolute atomic E-state index is 0.504. The van der Waals surface area contributed by atoms with E-state index in [1.165, 1.54) is 85.9 Å². The molecular formula is C20H28N6S. The van der Waals surface area contributed by atoms with Crippen molar-refractivity contribution in [1.82, 2.24) is 24.8 Å². The van der Waals surface area contributed by atoms with Gasteiger partial charge in [0.1, 0.15) is 0 Å². The summed E-state index contributed by atoms with van der Waals surface area (Å²) in [7, 11) is 2.18. The van der Waals surface area contributed by atoms with Gasteiger partial charge in [-0.2, -0.15) is 4.98 Å². The van der Waals surface area contributed by atoms with Crippen molar-refractivity contribution in [1.29, 1.82) is 0 Å². The Morgan fingerprint density at radius 3 is 2.63 bits per heavy atom. The lowest BCUT2D eigenvalue weighted by atomic mass is 9.99. The number of likely N-dealkylation sites (tertiary alicyclic amines) is 1. The zero-order chi connectivity index (χ0) is 18.2. The molecule has 27 heavy (non-hydrogen) atoms. The van der Waals surface area contributed by atoms with Gasteiger partial charge in [0.15, 0.2) is 0 Å². The number of piperidine rings is 1. The van der Waals surface area contributed by atoms with Crippen LogP contribution in [0.3, 0.4) is 0 Å². The third kappa shape index (κ3) is 3.60. The number of H-pyrrole nitrogens is 1. The van der Waals surface area contributed by atoms with Gasteiger partial charge in [-0.3, -0.25) is 4.72 Å². The van der Waals surface area contributed by atoms with Crippen molar-refractivity contribution in [2.45, 2.75) is 62.6 Å². The first kappa shape index (κ1) is 17.5. The molecule has 2 aromatic rings. The van der Waals surface area contributed by atoms with Crippen molar-refractivity contribution < 1.29 is 0 Å². The van der Waals surface area contributed by atoms with Crippen molar-refractivity contribution in [2.24, 2.45) is 0 Å². The summed E-state index contributed by atoms with van der Waals surface area (Å²) in [6, 6.07) is 2.96. The Morgan fingerprint density at radius 2 is 1.89 bits per heavy atom. The zero-order valence-corrected chi connectivity index (χ0v) is 16.8. The van der Waals surface area contributed by atoms with E-state index in [4.69, 9.17) is 0 Å². The Kier molecular flexibility index (Phi) is 4.83. The number of aromatic amines is 1. The van der Waals surface area contributed by atoms with E-state index in [2.05, 4.69) is 43.2 Å². The molecule has 1 unspecified atom stereocenters. The van der Waals surface area contributed by atoms with Gasteiger partial charge >= 0.3 is 0 Å². The summed E-state index contributed by atoms with van der Waals surface area (Å²) < 4.78 is 3.53. The maximum Gasteiger partial charge on any atom is 0.225 e. The quantitative estimate of drug-likeness (QED) is 0.688. The second-order valence-electron chi connectivity index (χ2n) is 8.15. The third-order valence-electron chi connectivity index (χ3n) is 6.12.